The third-order valence-corrected chi connectivity index (χ3v) is 9.18. The molecule has 1 aliphatic rings. The van der Waals surface area contributed by atoms with E-state index in [-0.39, 0.29) is 20.5 Å². The quantitative estimate of drug-likeness (QED) is 0.297. The molecule has 0 radical (unpaired) electrons. The SMILES string of the molecule is COc1cccc([C@H](C)SC)c1[Se]C1CCCCC1(C)N=[N+]=[N-]. The summed E-state index contributed by atoms with van der Waals surface area (Å²) in [7, 11) is 1.75. The van der Waals surface area contributed by atoms with Crippen LogP contribution >= 0.6 is 11.8 Å². The van der Waals surface area contributed by atoms with Crippen LogP contribution in [0, 0.1) is 0 Å². The molecule has 0 amide bonds. The number of benzene rings is 1. The predicted octanol–water partition coefficient (Wildman–Crippen LogP) is 4.88. The van der Waals surface area contributed by atoms with Gasteiger partial charge in [-0.1, -0.05) is 0 Å². The number of rotatable bonds is 6. The molecule has 2 rings (SSSR count). The number of methoxy groups -OCH3 is 1. The Hall–Kier alpha value is -0.801. The van der Waals surface area contributed by atoms with Crippen molar-refractivity contribution >= 4 is 31.2 Å². The molecule has 1 aromatic carbocycles. The van der Waals surface area contributed by atoms with Crippen LogP contribution in [0.5, 0.6) is 5.75 Å². The van der Waals surface area contributed by atoms with Crippen molar-refractivity contribution in [3.05, 3.63) is 34.2 Å². The molecule has 1 fully saturated rings. The first-order valence-corrected chi connectivity index (χ1v) is 11.1. The van der Waals surface area contributed by atoms with Crippen molar-refractivity contribution in [3.8, 4) is 5.75 Å². The predicted molar refractivity (Wildman–Crippen MR) is 100 cm³/mol. The number of hydrogen-bond donors (Lipinski definition) is 0. The van der Waals surface area contributed by atoms with Gasteiger partial charge in [-0.2, -0.15) is 0 Å². The molecule has 3 atom stereocenters. The monoisotopic (exact) mass is 399 g/mol. The van der Waals surface area contributed by atoms with Gasteiger partial charge >= 0.3 is 149 Å². The van der Waals surface area contributed by atoms with Gasteiger partial charge in [-0.05, 0) is 0 Å². The van der Waals surface area contributed by atoms with E-state index in [4.69, 9.17) is 10.3 Å². The van der Waals surface area contributed by atoms with Crippen LogP contribution < -0.4 is 9.20 Å². The zero-order valence-electron chi connectivity index (χ0n) is 14.3. The number of nitrogens with zero attached hydrogens (tertiary/aromatic N) is 3. The average molecular weight is 398 g/mol. The molecule has 1 aliphatic carbocycles. The van der Waals surface area contributed by atoms with Gasteiger partial charge in [0.15, 0.2) is 0 Å². The van der Waals surface area contributed by atoms with Crippen molar-refractivity contribution in [2.45, 2.75) is 55.1 Å². The fourth-order valence-corrected chi connectivity index (χ4v) is 7.15. The van der Waals surface area contributed by atoms with Gasteiger partial charge in [0.1, 0.15) is 0 Å². The molecular weight excluding hydrogens is 373 g/mol. The Morgan fingerprint density at radius 3 is 2.91 bits per heavy atom. The Balaban J connectivity index is 2.39. The molecule has 0 N–H and O–H groups in total. The summed E-state index contributed by atoms with van der Waals surface area (Å²) in [5, 5.41) is 4.63. The second kappa shape index (κ2) is 8.34. The van der Waals surface area contributed by atoms with Crippen molar-refractivity contribution in [1.82, 2.24) is 0 Å². The average Bonchev–Trinajstić information content (AvgIpc) is 2.56. The van der Waals surface area contributed by atoms with Gasteiger partial charge in [0.05, 0.1) is 0 Å². The Bertz CT molecular complexity index is 591. The van der Waals surface area contributed by atoms with E-state index in [0.29, 0.717) is 10.1 Å². The minimum absolute atomic E-state index is 0.231. The van der Waals surface area contributed by atoms with E-state index in [9.17, 15) is 0 Å². The molecular formula is C17H25N3OSSe. The molecule has 23 heavy (non-hydrogen) atoms. The van der Waals surface area contributed by atoms with Gasteiger partial charge in [-0.3, -0.25) is 0 Å². The van der Waals surface area contributed by atoms with Gasteiger partial charge in [-0.25, -0.2) is 0 Å². The van der Waals surface area contributed by atoms with Crippen LogP contribution in [0.4, 0.5) is 0 Å². The summed E-state index contributed by atoms with van der Waals surface area (Å²) in [6.07, 6.45) is 6.66. The molecule has 0 aromatic heterocycles. The molecule has 1 aromatic rings. The molecule has 0 bridgehead atoms. The third-order valence-electron chi connectivity index (χ3n) is 4.65. The summed E-state index contributed by atoms with van der Waals surface area (Å²) in [4.78, 5) is 3.57. The zero-order valence-corrected chi connectivity index (χ0v) is 16.8. The molecule has 2 unspecified atom stereocenters. The van der Waals surface area contributed by atoms with Gasteiger partial charge in [0, 0.05) is 0 Å². The van der Waals surface area contributed by atoms with E-state index < -0.39 is 0 Å². The zero-order chi connectivity index (χ0) is 16.9. The molecule has 0 saturated heterocycles. The van der Waals surface area contributed by atoms with Gasteiger partial charge in [0.25, 0.3) is 0 Å². The molecule has 1 saturated carbocycles. The Kier molecular flexibility index (Phi) is 6.72. The molecule has 0 aliphatic heterocycles. The van der Waals surface area contributed by atoms with Gasteiger partial charge in [-0.15, -0.1) is 0 Å². The Morgan fingerprint density at radius 1 is 1.48 bits per heavy atom. The fraction of sp³-hybridized carbons (Fsp3) is 0.647. The summed E-state index contributed by atoms with van der Waals surface area (Å²) in [5.41, 5.74) is 10.1. The molecule has 6 heteroatoms. The summed E-state index contributed by atoms with van der Waals surface area (Å²) >= 11 is 2.09. The maximum absolute atomic E-state index is 8.99. The number of hydrogen-bond acceptors (Lipinski definition) is 3. The van der Waals surface area contributed by atoms with Crippen molar-refractivity contribution in [1.29, 1.82) is 0 Å². The molecule has 0 heterocycles. The summed E-state index contributed by atoms with van der Waals surface area (Å²) < 4.78 is 7.00. The van der Waals surface area contributed by atoms with Crippen LogP contribution in [-0.4, -0.2) is 33.9 Å². The van der Waals surface area contributed by atoms with Crippen LogP contribution in [-0.2, 0) is 0 Å². The van der Waals surface area contributed by atoms with Crippen LogP contribution in [0.2, 0.25) is 4.82 Å². The van der Waals surface area contributed by atoms with Crippen LogP contribution in [0.15, 0.2) is 23.3 Å². The minimum atomic E-state index is -0.256. The van der Waals surface area contributed by atoms with Crippen molar-refractivity contribution < 1.29 is 4.74 Å². The Labute approximate surface area is 149 Å². The maximum atomic E-state index is 8.99. The van der Waals surface area contributed by atoms with E-state index in [1.165, 1.54) is 16.4 Å². The van der Waals surface area contributed by atoms with Gasteiger partial charge in [0.2, 0.25) is 0 Å². The van der Waals surface area contributed by atoms with Crippen LogP contribution in [0.3, 0.4) is 0 Å². The van der Waals surface area contributed by atoms with E-state index >= 15 is 0 Å². The summed E-state index contributed by atoms with van der Waals surface area (Å²) in [6, 6.07) is 6.35. The molecule has 4 nitrogen and oxygen atoms in total. The summed E-state index contributed by atoms with van der Waals surface area (Å²) in [5.74, 6) is 0.984. The standard InChI is InChI=1S/C17H25N3OSSe/c1-12(22-4)13-8-7-9-14(21-3)16(13)23-15-10-5-6-11-17(15,2)19-20-18/h7-9,12,15H,5-6,10-11H2,1-4H3/t12-,15?,17?/m0/s1. The summed E-state index contributed by atoms with van der Waals surface area (Å²) in [6.45, 7) is 4.37. The molecule has 126 valence electrons. The second-order valence-corrected chi connectivity index (χ2v) is 9.88. The van der Waals surface area contributed by atoms with Crippen LogP contribution in [0.25, 0.3) is 10.4 Å². The first-order chi connectivity index (χ1) is 11.1. The first kappa shape index (κ1) is 18.5. The van der Waals surface area contributed by atoms with E-state index in [1.54, 1.807) is 7.11 Å². The second-order valence-electron chi connectivity index (χ2n) is 6.16. The topological polar surface area (TPSA) is 58.0 Å². The third kappa shape index (κ3) is 4.19. The van der Waals surface area contributed by atoms with Crippen molar-refractivity contribution in [3.63, 3.8) is 0 Å². The normalized spacial score (nSPS) is 25.5. The number of thioether (sulfide) groups is 1. The van der Waals surface area contributed by atoms with E-state index in [0.717, 1.165) is 25.0 Å². The van der Waals surface area contributed by atoms with Gasteiger partial charge < -0.3 is 0 Å². The number of azide groups is 1. The van der Waals surface area contributed by atoms with E-state index in [1.807, 2.05) is 11.8 Å². The first-order valence-electron chi connectivity index (χ1n) is 7.98. The van der Waals surface area contributed by atoms with Crippen molar-refractivity contribution in [2.24, 2.45) is 5.11 Å². The van der Waals surface area contributed by atoms with E-state index in [2.05, 4.69) is 48.3 Å². The van der Waals surface area contributed by atoms with Crippen molar-refractivity contribution in [2.75, 3.05) is 13.4 Å². The van der Waals surface area contributed by atoms with Crippen LogP contribution in [0.1, 0.15) is 50.3 Å². The number of ether oxygens (including phenoxy) is 1. The Morgan fingerprint density at radius 2 is 2.26 bits per heavy atom. The fourth-order valence-electron chi connectivity index (χ4n) is 3.10. The molecule has 0 spiro atoms.